The second kappa shape index (κ2) is 9.43. The number of nitrogens with zero attached hydrogens (tertiary/aromatic N) is 1. The van der Waals surface area contributed by atoms with Gasteiger partial charge in [-0.25, -0.2) is 13.2 Å². The second-order valence-corrected chi connectivity index (χ2v) is 10.9. The summed E-state index contributed by atoms with van der Waals surface area (Å²) in [6, 6.07) is 11.1. The molecule has 178 valence electrons. The molecule has 2 aromatic carbocycles. The van der Waals surface area contributed by atoms with Gasteiger partial charge < -0.3 is 19.7 Å². The van der Waals surface area contributed by atoms with Crippen LogP contribution in [0.2, 0.25) is 0 Å². The number of hydrogen-bond donors (Lipinski definition) is 1. The lowest BCUT2D eigenvalue weighted by molar-refractivity contribution is 0.0211. The molecule has 0 spiro atoms. The molecule has 0 saturated heterocycles. The summed E-state index contributed by atoms with van der Waals surface area (Å²) >= 11 is 0. The average molecular weight is 475 g/mol. The van der Waals surface area contributed by atoms with Crippen LogP contribution in [-0.2, 0) is 21.0 Å². The molecule has 1 aliphatic heterocycles. The first-order chi connectivity index (χ1) is 15.4. The molecule has 2 amide bonds. The van der Waals surface area contributed by atoms with E-state index in [2.05, 4.69) is 5.32 Å². The Morgan fingerprint density at radius 2 is 1.82 bits per heavy atom. The van der Waals surface area contributed by atoms with E-state index in [0.717, 1.165) is 5.56 Å². The molecule has 8 nitrogen and oxygen atoms in total. The highest BCUT2D eigenvalue weighted by Gasteiger charge is 2.33. The number of benzene rings is 2. The Bertz CT molecular complexity index is 1140. The number of ether oxygens (including phenoxy) is 2. The Balaban J connectivity index is 1.96. The first-order valence-electron chi connectivity index (χ1n) is 10.7. The summed E-state index contributed by atoms with van der Waals surface area (Å²) in [5.74, 6) is -0.317. The number of hydrogen-bond acceptors (Lipinski definition) is 6. The van der Waals surface area contributed by atoms with Gasteiger partial charge in [0.2, 0.25) is 9.84 Å². The zero-order chi connectivity index (χ0) is 24.4. The van der Waals surface area contributed by atoms with Crippen LogP contribution in [-0.4, -0.2) is 57.7 Å². The van der Waals surface area contributed by atoms with Gasteiger partial charge in [-0.1, -0.05) is 24.3 Å². The number of carbonyl (C=O) groups is 2. The smallest absolute Gasteiger partial charge is 0.410 e. The minimum absolute atomic E-state index is 0.0246. The third kappa shape index (κ3) is 5.47. The topological polar surface area (TPSA) is 102 Å². The van der Waals surface area contributed by atoms with Gasteiger partial charge in [-0.2, -0.15) is 0 Å². The quantitative estimate of drug-likeness (QED) is 0.712. The second-order valence-electron chi connectivity index (χ2n) is 8.96. The zero-order valence-corrected chi connectivity index (χ0v) is 20.4. The van der Waals surface area contributed by atoms with Gasteiger partial charge in [0.1, 0.15) is 23.0 Å². The molecule has 1 aliphatic rings. The SMILES string of the molecule is CNC(=O)c1c(S(=O)(=O)c2ccccc2)ccc2c1OC(CN(C)C(=O)OC(C)(C)C)CC2. The minimum atomic E-state index is -3.96. The Labute approximate surface area is 194 Å². The van der Waals surface area contributed by atoms with E-state index in [0.29, 0.717) is 12.8 Å². The van der Waals surface area contributed by atoms with Crippen LogP contribution in [0.4, 0.5) is 4.79 Å². The summed E-state index contributed by atoms with van der Waals surface area (Å²) in [7, 11) is -0.902. The normalized spacial score (nSPS) is 15.7. The Morgan fingerprint density at radius 3 is 2.42 bits per heavy atom. The van der Waals surface area contributed by atoms with Crippen molar-refractivity contribution in [1.82, 2.24) is 10.2 Å². The van der Waals surface area contributed by atoms with Gasteiger partial charge in [-0.05, 0) is 57.4 Å². The third-order valence-electron chi connectivity index (χ3n) is 5.20. The zero-order valence-electron chi connectivity index (χ0n) is 19.5. The average Bonchev–Trinajstić information content (AvgIpc) is 2.77. The predicted molar refractivity (Wildman–Crippen MR) is 123 cm³/mol. The first kappa shape index (κ1) is 24.6. The van der Waals surface area contributed by atoms with Gasteiger partial charge in [0.15, 0.2) is 0 Å². The molecule has 0 aromatic heterocycles. The van der Waals surface area contributed by atoms with Crippen molar-refractivity contribution in [2.24, 2.45) is 0 Å². The molecule has 3 rings (SSSR count). The van der Waals surface area contributed by atoms with E-state index < -0.39 is 33.5 Å². The predicted octanol–water partition coefficient (Wildman–Crippen LogP) is 3.44. The van der Waals surface area contributed by atoms with E-state index in [9.17, 15) is 18.0 Å². The monoisotopic (exact) mass is 474 g/mol. The summed E-state index contributed by atoms with van der Waals surface area (Å²) < 4.78 is 38.2. The number of fused-ring (bicyclic) bond motifs is 1. The van der Waals surface area contributed by atoms with E-state index in [4.69, 9.17) is 9.47 Å². The maximum absolute atomic E-state index is 13.3. The largest absolute Gasteiger partial charge is 0.487 e. The lowest BCUT2D eigenvalue weighted by Crippen LogP contribution is -2.41. The van der Waals surface area contributed by atoms with E-state index in [1.165, 1.54) is 30.1 Å². The van der Waals surface area contributed by atoms with Gasteiger partial charge in [-0.3, -0.25) is 4.79 Å². The molecular formula is C24H30N2O6S. The van der Waals surface area contributed by atoms with Crippen molar-refractivity contribution in [2.75, 3.05) is 20.6 Å². The molecule has 0 aliphatic carbocycles. The third-order valence-corrected chi connectivity index (χ3v) is 7.01. The van der Waals surface area contributed by atoms with Crippen LogP contribution in [0.25, 0.3) is 0 Å². The van der Waals surface area contributed by atoms with Gasteiger partial charge in [0.05, 0.1) is 16.3 Å². The summed E-state index contributed by atoms with van der Waals surface area (Å²) in [4.78, 5) is 26.6. The fourth-order valence-corrected chi connectivity index (χ4v) is 5.09. The molecule has 1 unspecified atom stereocenters. The fraction of sp³-hybridized carbons (Fsp3) is 0.417. The van der Waals surface area contributed by atoms with Crippen LogP contribution < -0.4 is 10.1 Å². The van der Waals surface area contributed by atoms with Crippen LogP contribution in [0.5, 0.6) is 5.75 Å². The molecule has 1 heterocycles. The molecule has 0 bridgehead atoms. The minimum Gasteiger partial charge on any atom is -0.487 e. The highest BCUT2D eigenvalue weighted by atomic mass is 32.2. The Hall–Kier alpha value is -3.07. The number of aryl methyl sites for hydroxylation is 1. The standard InChI is InChI=1S/C24H30N2O6S/c1-24(2,3)32-23(28)26(5)15-17-13-11-16-12-14-19(20(21(16)31-17)22(27)25-4)33(29,30)18-9-7-6-8-10-18/h6-10,12,14,17H,11,13,15H2,1-5H3,(H,25,27). The molecule has 2 aromatic rings. The van der Waals surface area contributed by atoms with Gasteiger partial charge in [0, 0.05) is 14.1 Å². The van der Waals surface area contributed by atoms with Crippen LogP contribution >= 0.6 is 0 Å². The van der Waals surface area contributed by atoms with Crippen molar-refractivity contribution in [2.45, 2.75) is 55.1 Å². The summed E-state index contributed by atoms with van der Waals surface area (Å²) in [5.41, 5.74) is 0.0959. The highest BCUT2D eigenvalue weighted by molar-refractivity contribution is 7.91. The van der Waals surface area contributed by atoms with Crippen molar-refractivity contribution in [1.29, 1.82) is 0 Å². The summed E-state index contributed by atoms with van der Waals surface area (Å²) in [6.45, 7) is 5.60. The lowest BCUT2D eigenvalue weighted by Gasteiger charge is -2.32. The molecule has 1 atom stereocenters. The molecule has 1 N–H and O–H groups in total. The van der Waals surface area contributed by atoms with Crippen LogP contribution in [0.1, 0.15) is 43.1 Å². The number of carbonyl (C=O) groups excluding carboxylic acids is 2. The molecule has 0 saturated carbocycles. The number of sulfone groups is 1. The Kier molecular flexibility index (Phi) is 7.02. The van der Waals surface area contributed by atoms with Crippen molar-refractivity contribution < 1.29 is 27.5 Å². The van der Waals surface area contributed by atoms with Crippen molar-refractivity contribution >= 4 is 21.8 Å². The number of rotatable bonds is 5. The molecule has 0 fully saturated rings. The lowest BCUT2D eigenvalue weighted by atomic mass is 9.98. The van der Waals surface area contributed by atoms with E-state index in [-0.39, 0.29) is 27.6 Å². The number of likely N-dealkylation sites (N-methyl/N-ethyl adjacent to an activating group) is 1. The van der Waals surface area contributed by atoms with Crippen LogP contribution in [0, 0.1) is 0 Å². The van der Waals surface area contributed by atoms with Gasteiger partial charge in [0.25, 0.3) is 5.91 Å². The van der Waals surface area contributed by atoms with Crippen LogP contribution in [0.3, 0.4) is 0 Å². The molecule has 0 radical (unpaired) electrons. The maximum Gasteiger partial charge on any atom is 0.410 e. The van der Waals surface area contributed by atoms with Gasteiger partial charge >= 0.3 is 6.09 Å². The molecular weight excluding hydrogens is 444 g/mol. The van der Waals surface area contributed by atoms with E-state index in [1.54, 1.807) is 52.1 Å². The molecule has 33 heavy (non-hydrogen) atoms. The van der Waals surface area contributed by atoms with E-state index in [1.807, 2.05) is 0 Å². The number of nitrogens with one attached hydrogen (secondary N) is 1. The fourth-order valence-electron chi connectivity index (χ4n) is 3.62. The summed E-state index contributed by atoms with van der Waals surface area (Å²) in [6.07, 6.45) is 0.285. The van der Waals surface area contributed by atoms with E-state index >= 15 is 0 Å². The molecule has 9 heteroatoms. The number of amides is 2. The van der Waals surface area contributed by atoms with Crippen molar-refractivity contribution in [3.05, 3.63) is 53.6 Å². The Morgan fingerprint density at radius 1 is 1.15 bits per heavy atom. The highest BCUT2D eigenvalue weighted by Crippen LogP contribution is 2.37. The van der Waals surface area contributed by atoms with Crippen LogP contribution in [0.15, 0.2) is 52.3 Å². The summed E-state index contributed by atoms with van der Waals surface area (Å²) in [5, 5.41) is 2.53. The first-order valence-corrected chi connectivity index (χ1v) is 12.2. The van der Waals surface area contributed by atoms with Crippen molar-refractivity contribution in [3.63, 3.8) is 0 Å². The van der Waals surface area contributed by atoms with Crippen molar-refractivity contribution in [3.8, 4) is 5.75 Å². The van der Waals surface area contributed by atoms with Gasteiger partial charge in [-0.15, -0.1) is 0 Å². The maximum atomic E-state index is 13.3.